The van der Waals surface area contributed by atoms with Gasteiger partial charge < -0.3 is 5.11 Å². The van der Waals surface area contributed by atoms with Crippen LogP contribution < -0.4 is 0 Å². The van der Waals surface area contributed by atoms with Crippen molar-refractivity contribution in [1.82, 2.24) is 4.90 Å². The summed E-state index contributed by atoms with van der Waals surface area (Å²) >= 11 is 0. The lowest BCUT2D eigenvalue weighted by atomic mass is 9.78. The molecule has 0 saturated heterocycles. The molecule has 1 atom stereocenters. The van der Waals surface area contributed by atoms with E-state index in [9.17, 15) is 9.90 Å². The summed E-state index contributed by atoms with van der Waals surface area (Å²) < 4.78 is 2.41. The maximum atomic E-state index is 11.4. The fourth-order valence-corrected chi connectivity index (χ4v) is 3.73. The molecule has 1 aliphatic heterocycles. The number of carbonyl (C=O) groups excluding carboxylic acids is 1. The Morgan fingerprint density at radius 3 is 2.59 bits per heavy atom. The monoisotopic (exact) mass is 311 g/mol. The van der Waals surface area contributed by atoms with Crippen molar-refractivity contribution >= 4 is 11.6 Å². The van der Waals surface area contributed by atoms with E-state index in [0.29, 0.717) is 13.0 Å². The SMILES string of the molecule is CCCCC(C)(CCC)C1=[N+](CCC(C)=O)CCN1CCO. The first-order valence-electron chi connectivity index (χ1n) is 8.96. The van der Waals surface area contributed by atoms with Crippen LogP contribution in [0.5, 0.6) is 0 Å². The highest BCUT2D eigenvalue weighted by atomic mass is 16.3. The quantitative estimate of drug-likeness (QED) is 0.597. The number of nitrogens with zero attached hydrogens (tertiary/aromatic N) is 2. The minimum atomic E-state index is 0.160. The van der Waals surface area contributed by atoms with Gasteiger partial charge in [0.25, 0.3) is 5.84 Å². The normalized spacial score (nSPS) is 18.0. The predicted octanol–water partition coefficient (Wildman–Crippen LogP) is 2.68. The number of hydrogen-bond donors (Lipinski definition) is 1. The van der Waals surface area contributed by atoms with E-state index >= 15 is 0 Å². The zero-order valence-corrected chi connectivity index (χ0v) is 15.0. The van der Waals surface area contributed by atoms with Gasteiger partial charge in [-0.2, -0.15) is 0 Å². The summed E-state index contributed by atoms with van der Waals surface area (Å²) in [5.41, 5.74) is 0.160. The number of aliphatic hydroxyl groups excluding tert-OH is 1. The topological polar surface area (TPSA) is 43.5 Å². The van der Waals surface area contributed by atoms with Gasteiger partial charge in [-0.3, -0.25) is 14.3 Å². The van der Waals surface area contributed by atoms with Gasteiger partial charge in [0.2, 0.25) is 0 Å². The highest BCUT2D eigenvalue weighted by molar-refractivity contribution is 5.84. The van der Waals surface area contributed by atoms with E-state index in [-0.39, 0.29) is 17.8 Å². The van der Waals surface area contributed by atoms with E-state index in [2.05, 4.69) is 30.2 Å². The lowest BCUT2D eigenvalue weighted by molar-refractivity contribution is -0.520. The van der Waals surface area contributed by atoms with E-state index in [1.807, 2.05) is 0 Å². The molecular formula is C18H35N2O2+. The van der Waals surface area contributed by atoms with Crippen LogP contribution in [0.3, 0.4) is 0 Å². The van der Waals surface area contributed by atoms with E-state index in [1.54, 1.807) is 6.92 Å². The molecule has 128 valence electrons. The third-order valence-corrected chi connectivity index (χ3v) is 4.77. The molecule has 0 aromatic rings. The molecule has 0 fully saturated rings. The van der Waals surface area contributed by atoms with Gasteiger partial charge in [0.05, 0.1) is 18.6 Å². The lowest BCUT2D eigenvalue weighted by Gasteiger charge is -2.31. The first-order chi connectivity index (χ1) is 10.5. The molecule has 4 heteroatoms. The summed E-state index contributed by atoms with van der Waals surface area (Å²) in [5, 5.41) is 9.39. The number of amidine groups is 1. The summed E-state index contributed by atoms with van der Waals surface area (Å²) in [6.07, 6.45) is 6.57. The smallest absolute Gasteiger partial charge is 0.253 e. The Balaban J connectivity index is 3.07. The highest BCUT2D eigenvalue weighted by Gasteiger charge is 2.43. The Morgan fingerprint density at radius 2 is 2.05 bits per heavy atom. The number of hydrogen-bond acceptors (Lipinski definition) is 3. The molecule has 0 radical (unpaired) electrons. The molecule has 1 rings (SSSR count). The number of rotatable bonds is 11. The Morgan fingerprint density at radius 1 is 1.32 bits per heavy atom. The van der Waals surface area contributed by atoms with Gasteiger partial charge >= 0.3 is 0 Å². The maximum absolute atomic E-state index is 11.4. The van der Waals surface area contributed by atoms with E-state index in [1.165, 1.54) is 31.5 Å². The van der Waals surface area contributed by atoms with Crippen molar-refractivity contribution in [3.8, 4) is 0 Å². The number of β-amino-alcohol motifs (C(OH)–C–C–N with tert-alkyl or cyclic N) is 1. The zero-order chi connectivity index (χ0) is 16.6. The van der Waals surface area contributed by atoms with Gasteiger partial charge in [-0.15, -0.1) is 0 Å². The average molecular weight is 311 g/mol. The number of Topliss-reactive ketones (excluding diaryl/α,β-unsaturated/α-hetero) is 1. The summed E-state index contributed by atoms with van der Waals surface area (Å²) in [4.78, 5) is 13.7. The van der Waals surface area contributed by atoms with E-state index < -0.39 is 0 Å². The molecule has 0 amide bonds. The average Bonchev–Trinajstić information content (AvgIpc) is 2.87. The molecule has 0 aliphatic carbocycles. The first kappa shape index (κ1) is 19.1. The largest absolute Gasteiger partial charge is 0.392 e. The third kappa shape index (κ3) is 5.08. The molecule has 1 aliphatic rings. The van der Waals surface area contributed by atoms with Crippen molar-refractivity contribution in [2.45, 2.75) is 66.2 Å². The molecule has 0 aromatic heterocycles. The molecule has 0 saturated carbocycles. The molecule has 1 unspecified atom stereocenters. The standard InChI is InChI=1S/C18H35N2O2/c1-5-7-10-18(4,9-6-2)17-19(11-8-16(3)22)12-13-20(17)14-15-21/h21H,5-15H2,1-4H3/q+1. The molecule has 22 heavy (non-hydrogen) atoms. The second-order valence-corrected chi connectivity index (χ2v) is 6.89. The molecular weight excluding hydrogens is 276 g/mol. The van der Waals surface area contributed by atoms with Crippen LogP contribution in [0.1, 0.15) is 66.2 Å². The zero-order valence-electron chi connectivity index (χ0n) is 15.0. The van der Waals surface area contributed by atoms with Crippen LogP contribution >= 0.6 is 0 Å². The minimum absolute atomic E-state index is 0.160. The highest BCUT2D eigenvalue weighted by Crippen LogP contribution is 2.34. The summed E-state index contributed by atoms with van der Waals surface area (Å²) in [7, 11) is 0. The maximum Gasteiger partial charge on any atom is 0.253 e. The summed E-state index contributed by atoms with van der Waals surface area (Å²) in [5.74, 6) is 1.63. The lowest BCUT2D eigenvalue weighted by Crippen LogP contribution is -2.44. The van der Waals surface area contributed by atoms with Gasteiger partial charge in [-0.05, 0) is 26.7 Å². The Kier molecular flexibility index (Phi) is 8.08. The first-order valence-corrected chi connectivity index (χ1v) is 8.96. The Hall–Kier alpha value is -0.900. The van der Waals surface area contributed by atoms with Crippen LogP contribution in [-0.2, 0) is 4.79 Å². The fraction of sp³-hybridized carbons (Fsp3) is 0.889. The van der Waals surface area contributed by atoms with Crippen LogP contribution in [0, 0.1) is 5.41 Å². The van der Waals surface area contributed by atoms with E-state index in [0.717, 1.165) is 26.1 Å². The summed E-state index contributed by atoms with van der Waals surface area (Å²) in [6.45, 7) is 12.2. The number of aliphatic hydroxyl groups is 1. The van der Waals surface area contributed by atoms with Crippen molar-refractivity contribution in [2.24, 2.45) is 5.41 Å². The third-order valence-electron chi connectivity index (χ3n) is 4.77. The molecule has 0 bridgehead atoms. The number of unbranched alkanes of at least 4 members (excludes halogenated alkanes) is 1. The molecule has 1 N–H and O–H groups in total. The molecule has 0 spiro atoms. The van der Waals surface area contributed by atoms with E-state index in [4.69, 9.17) is 0 Å². The van der Waals surface area contributed by atoms with Crippen molar-refractivity contribution in [3.05, 3.63) is 0 Å². The molecule has 4 nitrogen and oxygen atoms in total. The molecule has 0 aromatic carbocycles. The van der Waals surface area contributed by atoms with Crippen LogP contribution in [0.4, 0.5) is 0 Å². The van der Waals surface area contributed by atoms with Crippen LogP contribution in [-0.4, -0.2) is 59.0 Å². The molecule has 1 heterocycles. The fourth-order valence-electron chi connectivity index (χ4n) is 3.73. The van der Waals surface area contributed by atoms with Crippen LogP contribution in [0.2, 0.25) is 0 Å². The van der Waals surface area contributed by atoms with Crippen molar-refractivity contribution < 1.29 is 14.5 Å². The van der Waals surface area contributed by atoms with Gasteiger partial charge in [0, 0.05) is 6.42 Å². The number of carbonyl (C=O) groups is 1. The Labute approximate surface area is 136 Å². The second-order valence-electron chi connectivity index (χ2n) is 6.89. The van der Waals surface area contributed by atoms with Gasteiger partial charge in [-0.25, -0.2) is 0 Å². The van der Waals surface area contributed by atoms with Crippen LogP contribution in [0.25, 0.3) is 0 Å². The second kappa shape index (κ2) is 9.29. The van der Waals surface area contributed by atoms with Gasteiger partial charge in [-0.1, -0.05) is 33.1 Å². The predicted molar refractivity (Wildman–Crippen MR) is 91.5 cm³/mol. The van der Waals surface area contributed by atoms with Crippen molar-refractivity contribution in [1.29, 1.82) is 0 Å². The van der Waals surface area contributed by atoms with Crippen LogP contribution in [0.15, 0.2) is 0 Å². The van der Waals surface area contributed by atoms with Gasteiger partial charge in [0.1, 0.15) is 25.4 Å². The summed E-state index contributed by atoms with van der Waals surface area (Å²) in [6, 6.07) is 0. The Bertz CT molecular complexity index is 393. The van der Waals surface area contributed by atoms with Crippen molar-refractivity contribution in [2.75, 3.05) is 32.8 Å². The minimum Gasteiger partial charge on any atom is -0.392 e. The number of ketones is 1. The van der Waals surface area contributed by atoms with Crippen molar-refractivity contribution in [3.63, 3.8) is 0 Å². The van der Waals surface area contributed by atoms with Gasteiger partial charge in [0.15, 0.2) is 0 Å².